The first kappa shape index (κ1) is 15.4. The van der Waals surface area contributed by atoms with E-state index in [-0.39, 0.29) is 30.7 Å². The first-order chi connectivity index (χ1) is 9.50. The third-order valence-corrected chi connectivity index (χ3v) is 5.36. The molecular weight excluding hydrogens is 278 g/mol. The molecule has 2 atom stereocenters. The van der Waals surface area contributed by atoms with E-state index in [1.807, 2.05) is 35.2 Å². The number of aliphatic hydroxyl groups is 2. The number of benzene rings is 1. The fourth-order valence-corrected chi connectivity index (χ4v) is 4.31. The molecular formula is C14H21NO4S. The van der Waals surface area contributed by atoms with Gasteiger partial charge in [0.2, 0.25) is 0 Å². The molecule has 1 saturated heterocycles. The number of hydrogen-bond donors (Lipinski definition) is 2. The summed E-state index contributed by atoms with van der Waals surface area (Å²) in [4.78, 5) is 1.96. The summed E-state index contributed by atoms with van der Waals surface area (Å²) in [6, 6.07) is 9.66. The van der Waals surface area contributed by atoms with Crippen LogP contribution < -0.4 is 0 Å². The van der Waals surface area contributed by atoms with Gasteiger partial charge < -0.3 is 10.2 Å². The summed E-state index contributed by atoms with van der Waals surface area (Å²) in [5.41, 5.74) is 1.07. The maximum absolute atomic E-state index is 11.6. The van der Waals surface area contributed by atoms with Gasteiger partial charge in [0.25, 0.3) is 0 Å². The van der Waals surface area contributed by atoms with E-state index in [1.165, 1.54) is 0 Å². The lowest BCUT2D eigenvalue weighted by atomic mass is 10.1. The van der Waals surface area contributed by atoms with Gasteiger partial charge in [-0.15, -0.1) is 0 Å². The Hall–Kier alpha value is -0.950. The standard InChI is InChI=1S/C14H21NO4S/c16-10-14(17)9-15(8-12-4-2-1-3-5-12)13-6-7-20(18,19)11-13/h1-5,13-14,16-17H,6-11H2/t13-,14+/m0/s1. The van der Waals surface area contributed by atoms with E-state index < -0.39 is 15.9 Å². The lowest BCUT2D eigenvalue weighted by Crippen LogP contribution is -2.41. The first-order valence-corrected chi connectivity index (χ1v) is 8.59. The van der Waals surface area contributed by atoms with Crippen LogP contribution >= 0.6 is 0 Å². The SMILES string of the molecule is O=S1(=O)CC[C@H](N(Cc2ccccc2)C[C@@H](O)CO)C1. The minimum atomic E-state index is -2.96. The van der Waals surface area contributed by atoms with Crippen LogP contribution in [0.3, 0.4) is 0 Å². The van der Waals surface area contributed by atoms with Gasteiger partial charge >= 0.3 is 0 Å². The molecule has 1 aliphatic rings. The Morgan fingerprint density at radius 2 is 2.00 bits per heavy atom. The summed E-state index contributed by atoms with van der Waals surface area (Å²) < 4.78 is 23.2. The Labute approximate surface area is 119 Å². The lowest BCUT2D eigenvalue weighted by Gasteiger charge is -2.29. The number of aliphatic hydroxyl groups excluding tert-OH is 2. The van der Waals surface area contributed by atoms with Crippen molar-refractivity contribution in [1.82, 2.24) is 4.90 Å². The molecule has 1 fully saturated rings. The van der Waals surface area contributed by atoms with E-state index in [9.17, 15) is 13.5 Å². The molecule has 0 spiro atoms. The van der Waals surface area contributed by atoms with Crippen molar-refractivity contribution in [3.63, 3.8) is 0 Å². The average molecular weight is 299 g/mol. The summed E-state index contributed by atoms with van der Waals surface area (Å²) in [5.74, 6) is 0.343. The largest absolute Gasteiger partial charge is 0.394 e. The topological polar surface area (TPSA) is 77.8 Å². The maximum Gasteiger partial charge on any atom is 0.151 e. The van der Waals surface area contributed by atoms with Crippen LogP contribution in [0.2, 0.25) is 0 Å². The second kappa shape index (κ2) is 6.67. The zero-order valence-electron chi connectivity index (χ0n) is 11.4. The van der Waals surface area contributed by atoms with Crippen LogP contribution in [0.4, 0.5) is 0 Å². The number of rotatable bonds is 6. The van der Waals surface area contributed by atoms with Gasteiger partial charge in [0.1, 0.15) is 0 Å². The lowest BCUT2D eigenvalue weighted by molar-refractivity contribution is 0.0447. The van der Waals surface area contributed by atoms with Gasteiger partial charge in [-0.25, -0.2) is 8.42 Å². The summed E-state index contributed by atoms with van der Waals surface area (Å²) in [6.45, 7) is 0.550. The van der Waals surface area contributed by atoms with Crippen molar-refractivity contribution in [3.05, 3.63) is 35.9 Å². The maximum atomic E-state index is 11.6. The zero-order valence-corrected chi connectivity index (χ0v) is 12.2. The highest BCUT2D eigenvalue weighted by atomic mass is 32.2. The molecule has 0 aliphatic carbocycles. The average Bonchev–Trinajstić information content (AvgIpc) is 2.79. The van der Waals surface area contributed by atoms with Crippen LogP contribution in [0.5, 0.6) is 0 Å². The predicted molar refractivity (Wildman–Crippen MR) is 77.0 cm³/mol. The number of hydrogen-bond acceptors (Lipinski definition) is 5. The van der Waals surface area contributed by atoms with Crippen molar-refractivity contribution in [1.29, 1.82) is 0 Å². The van der Waals surface area contributed by atoms with Gasteiger partial charge in [-0.1, -0.05) is 30.3 Å². The minimum absolute atomic E-state index is 0.0820. The molecule has 0 saturated carbocycles. The molecule has 0 unspecified atom stereocenters. The molecule has 5 nitrogen and oxygen atoms in total. The number of sulfone groups is 1. The van der Waals surface area contributed by atoms with E-state index in [1.54, 1.807) is 0 Å². The normalized spacial score (nSPS) is 23.1. The summed E-state index contributed by atoms with van der Waals surface area (Å²) in [5, 5.41) is 18.7. The van der Waals surface area contributed by atoms with Crippen molar-refractivity contribution < 1.29 is 18.6 Å². The molecule has 0 amide bonds. The van der Waals surface area contributed by atoms with Gasteiger partial charge in [0, 0.05) is 19.1 Å². The molecule has 6 heteroatoms. The molecule has 20 heavy (non-hydrogen) atoms. The van der Waals surface area contributed by atoms with Crippen LogP contribution in [-0.2, 0) is 16.4 Å². The second-order valence-corrected chi connectivity index (χ2v) is 7.54. The molecule has 2 N–H and O–H groups in total. The molecule has 0 radical (unpaired) electrons. The van der Waals surface area contributed by atoms with Crippen LogP contribution in [0, 0.1) is 0 Å². The van der Waals surface area contributed by atoms with Crippen molar-refractivity contribution in [2.45, 2.75) is 25.1 Å². The van der Waals surface area contributed by atoms with Crippen LogP contribution in [0.15, 0.2) is 30.3 Å². The highest BCUT2D eigenvalue weighted by Crippen LogP contribution is 2.20. The predicted octanol–water partition coefficient (Wildman–Crippen LogP) is 0.0289. The summed E-state index contributed by atoms with van der Waals surface area (Å²) in [7, 11) is -2.96. The highest BCUT2D eigenvalue weighted by molar-refractivity contribution is 7.91. The van der Waals surface area contributed by atoms with Gasteiger partial charge in [-0.3, -0.25) is 4.90 Å². The Balaban J connectivity index is 2.08. The van der Waals surface area contributed by atoms with Gasteiger partial charge in [-0.2, -0.15) is 0 Å². The second-order valence-electron chi connectivity index (χ2n) is 5.31. The molecule has 1 aromatic rings. The third kappa shape index (κ3) is 4.28. The molecule has 112 valence electrons. The fraction of sp³-hybridized carbons (Fsp3) is 0.571. The minimum Gasteiger partial charge on any atom is -0.394 e. The molecule has 0 bridgehead atoms. The van der Waals surface area contributed by atoms with Gasteiger partial charge in [0.05, 0.1) is 24.2 Å². The van der Waals surface area contributed by atoms with Gasteiger partial charge in [0.15, 0.2) is 9.84 Å². The molecule has 1 aliphatic heterocycles. The Morgan fingerprint density at radius 3 is 2.55 bits per heavy atom. The Bertz CT molecular complexity index is 517. The van der Waals surface area contributed by atoms with E-state index in [0.717, 1.165) is 5.56 Å². The molecule has 1 aromatic carbocycles. The zero-order chi connectivity index (χ0) is 14.6. The number of nitrogens with zero attached hydrogens (tertiary/aromatic N) is 1. The van der Waals surface area contributed by atoms with Crippen molar-refractivity contribution >= 4 is 9.84 Å². The van der Waals surface area contributed by atoms with Crippen molar-refractivity contribution in [3.8, 4) is 0 Å². The summed E-state index contributed by atoms with van der Waals surface area (Å²) >= 11 is 0. The van der Waals surface area contributed by atoms with E-state index in [2.05, 4.69) is 0 Å². The van der Waals surface area contributed by atoms with Crippen LogP contribution in [0.1, 0.15) is 12.0 Å². The molecule has 0 aromatic heterocycles. The highest BCUT2D eigenvalue weighted by Gasteiger charge is 2.32. The fourth-order valence-electron chi connectivity index (χ4n) is 2.55. The molecule has 1 heterocycles. The monoisotopic (exact) mass is 299 g/mol. The van der Waals surface area contributed by atoms with Gasteiger partial charge in [-0.05, 0) is 12.0 Å². The smallest absolute Gasteiger partial charge is 0.151 e. The van der Waals surface area contributed by atoms with Crippen LogP contribution in [-0.4, -0.2) is 60.3 Å². The van der Waals surface area contributed by atoms with E-state index in [0.29, 0.717) is 13.0 Å². The first-order valence-electron chi connectivity index (χ1n) is 6.77. The quantitative estimate of drug-likeness (QED) is 0.775. The Kier molecular flexibility index (Phi) is 5.15. The van der Waals surface area contributed by atoms with Crippen molar-refractivity contribution in [2.75, 3.05) is 24.7 Å². The van der Waals surface area contributed by atoms with Crippen LogP contribution in [0.25, 0.3) is 0 Å². The Morgan fingerprint density at radius 1 is 1.30 bits per heavy atom. The molecule has 2 rings (SSSR count). The van der Waals surface area contributed by atoms with Crippen molar-refractivity contribution in [2.24, 2.45) is 0 Å². The third-order valence-electron chi connectivity index (χ3n) is 3.61. The summed E-state index contributed by atoms with van der Waals surface area (Å²) in [6.07, 6.45) is -0.255. The van der Waals surface area contributed by atoms with E-state index in [4.69, 9.17) is 5.11 Å². The van der Waals surface area contributed by atoms with E-state index >= 15 is 0 Å².